The van der Waals surface area contributed by atoms with Gasteiger partial charge in [-0.25, -0.2) is 0 Å². The van der Waals surface area contributed by atoms with Crippen LogP contribution in [0.2, 0.25) is 0 Å². The Morgan fingerprint density at radius 3 is 2.20 bits per heavy atom. The molecule has 1 aliphatic heterocycles. The van der Waals surface area contributed by atoms with Crippen molar-refractivity contribution in [3.8, 4) is 0 Å². The van der Waals surface area contributed by atoms with Gasteiger partial charge in [-0.2, -0.15) is 0 Å². The molecule has 0 aromatic carbocycles. The first-order chi connectivity index (χ1) is 6.85. The van der Waals surface area contributed by atoms with Crippen LogP contribution in [-0.4, -0.2) is 23.8 Å². The molecule has 0 atom stereocenters. The molecule has 0 saturated carbocycles. The summed E-state index contributed by atoms with van der Waals surface area (Å²) in [5.41, 5.74) is 0.366. The van der Waals surface area contributed by atoms with Crippen molar-refractivity contribution in [2.45, 2.75) is 64.6 Å². The molecule has 88 valence electrons. The van der Waals surface area contributed by atoms with E-state index in [1.165, 1.54) is 0 Å². The molecule has 0 aliphatic carbocycles. The summed E-state index contributed by atoms with van der Waals surface area (Å²) < 4.78 is 5.87. The predicted octanol–water partition coefficient (Wildman–Crippen LogP) is 2.89. The lowest BCUT2D eigenvalue weighted by atomic mass is 9.81. The average molecular weight is 211 g/mol. The fourth-order valence-corrected chi connectivity index (χ4v) is 2.63. The molecular weight excluding hydrogens is 186 g/mol. The van der Waals surface area contributed by atoms with Gasteiger partial charge in [-0.15, -0.1) is 0 Å². The van der Waals surface area contributed by atoms with Crippen LogP contribution >= 0.6 is 0 Å². The molecular formula is C13H25NO. The molecule has 1 rings (SSSR count). The van der Waals surface area contributed by atoms with E-state index in [1.54, 1.807) is 0 Å². The maximum Gasteiger partial charge on any atom is 0.0651 e. The molecule has 1 N–H and O–H groups in total. The van der Waals surface area contributed by atoms with Gasteiger partial charge in [0.25, 0.3) is 0 Å². The van der Waals surface area contributed by atoms with Gasteiger partial charge >= 0.3 is 0 Å². The van der Waals surface area contributed by atoms with Gasteiger partial charge in [-0.3, -0.25) is 0 Å². The summed E-state index contributed by atoms with van der Waals surface area (Å²) in [6.07, 6.45) is 6.67. The molecule has 0 spiro atoms. The summed E-state index contributed by atoms with van der Waals surface area (Å²) >= 11 is 0. The quantitative estimate of drug-likeness (QED) is 0.725. The number of rotatable bonds is 3. The Hall–Kier alpha value is -0.340. The van der Waals surface area contributed by atoms with E-state index < -0.39 is 0 Å². The Kier molecular flexibility index (Phi) is 3.96. The number of hydrogen-bond acceptors (Lipinski definition) is 2. The van der Waals surface area contributed by atoms with Gasteiger partial charge in [0.05, 0.1) is 12.7 Å². The highest BCUT2D eigenvalue weighted by Crippen LogP contribution is 2.30. The molecule has 1 fully saturated rings. The smallest absolute Gasteiger partial charge is 0.0651 e. The number of nitrogens with one attached hydrogen (secondary N) is 1. The van der Waals surface area contributed by atoms with E-state index in [2.05, 4.69) is 39.1 Å². The topological polar surface area (TPSA) is 21.3 Å². The summed E-state index contributed by atoms with van der Waals surface area (Å²) in [6, 6.07) is 0. The maximum absolute atomic E-state index is 5.87. The monoisotopic (exact) mass is 211 g/mol. The molecule has 15 heavy (non-hydrogen) atoms. The second kappa shape index (κ2) is 4.67. The van der Waals surface area contributed by atoms with Gasteiger partial charge < -0.3 is 10.1 Å². The predicted molar refractivity (Wildman–Crippen MR) is 65.1 cm³/mol. The van der Waals surface area contributed by atoms with Crippen molar-refractivity contribution >= 4 is 0 Å². The van der Waals surface area contributed by atoms with Crippen molar-refractivity contribution in [3.63, 3.8) is 0 Å². The van der Waals surface area contributed by atoms with E-state index in [-0.39, 0.29) is 11.1 Å². The van der Waals surface area contributed by atoms with Gasteiger partial charge in [0, 0.05) is 11.1 Å². The fraction of sp³-hybridized carbons (Fsp3) is 0.846. The van der Waals surface area contributed by atoms with Gasteiger partial charge in [0.1, 0.15) is 0 Å². The highest BCUT2D eigenvalue weighted by molar-refractivity contribution is 4.97. The standard InChI is InChI=1S/C13H25NO/c1-6-7-8-15-11-9-12(2,3)14-13(4,5)10-11/h6-7,11,14H,8-10H2,1-5H3/b7-6+. The number of ether oxygens (including phenoxy) is 1. The van der Waals surface area contributed by atoms with Crippen LogP contribution in [0.3, 0.4) is 0 Å². The van der Waals surface area contributed by atoms with Crippen molar-refractivity contribution in [2.75, 3.05) is 6.61 Å². The zero-order valence-electron chi connectivity index (χ0n) is 10.8. The van der Waals surface area contributed by atoms with Crippen LogP contribution in [0.4, 0.5) is 0 Å². The fourth-order valence-electron chi connectivity index (χ4n) is 2.63. The number of hydrogen-bond donors (Lipinski definition) is 1. The van der Waals surface area contributed by atoms with E-state index in [1.807, 2.05) is 13.0 Å². The molecule has 0 aromatic rings. The molecule has 2 nitrogen and oxygen atoms in total. The highest BCUT2D eigenvalue weighted by atomic mass is 16.5. The first-order valence-electron chi connectivity index (χ1n) is 5.87. The minimum Gasteiger partial charge on any atom is -0.374 e. The summed E-state index contributed by atoms with van der Waals surface area (Å²) in [6.45, 7) is 11.8. The minimum absolute atomic E-state index is 0.183. The summed E-state index contributed by atoms with van der Waals surface area (Å²) in [7, 11) is 0. The molecule has 0 radical (unpaired) electrons. The lowest BCUT2D eigenvalue weighted by Crippen LogP contribution is -2.59. The molecule has 0 amide bonds. The van der Waals surface area contributed by atoms with E-state index in [4.69, 9.17) is 4.74 Å². The molecule has 0 aromatic heterocycles. The van der Waals surface area contributed by atoms with Crippen LogP contribution in [-0.2, 0) is 4.74 Å². The Morgan fingerprint density at radius 1 is 1.20 bits per heavy atom. The summed E-state index contributed by atoms with van der Waals surface area (Å²) in [5.74, 6) is 0. The number of piperidine rings is 1. The largest absolute Gasteiger partial charge is 0.374 e. The highest BCUT2D eigenvalue weighted by Gasteiger charge is 2.37. The first-order valence-corrected chi connectivity index (χ1v) is 5.87. The number of allylic oxidation sites excluding steroid dienone is 1. The third-order valence-electron chi connectivity index (χ3n) is 2.82. The van der Waals surface area contributed by atoms with Gasteiger partial charge in [0.15, 0.2) is 0 Å². The Bertz CT molecular complexity index is 215. The lowest BCUT2D eigenvalue weighted by molar-refractivity contribution is -0.00974. The average Bonchev–Trinajstić information content (AvgIpc) is 1.98. The second-order valence-electron chi connectivity index (χ2n) is 5.83. The summed E-state index contributed by atoms with van der Waals surface area (Å²) in [5, 5.41) is 3.65. The molecule has 1 heterocycles. The molecule has 1 aliphatic rings. The van der Waals surface area contributed by atoms with E-state index in [9.17, 15) is 0 Å². The van der Waals surface area contributed by atoms with Crippen LogP contribution in [0.25, 0.3) is 0 Å². The SMILES string of the molecule is C/C=C/COC1CC(C)(C)NC(C)(C)C1. The van der Waals surface area contributed by atoms with Crippen molar-refractivity contribution < 1.29 is 4.74 Å². The van der Waals surface area contributed by atoms with Crippen molar-refractivity contribution in [1.82, 2.24) is 5.32 Å². The summed E-state index contributed by atoms with van der Waals surface area (Å²) in [4.78, 5) is 0. The van der Waals surface area contributed by atoms with Crippen LogP contribution in [0.1, 0.15) is 47.5 Å². The minimum atomic E-state index is 0.183. The molecule has 0 bridgehead atoms. The Morgan fingerprint density at radius 2 is 1.73 bits per heavy atom. The second-order valence-corrected chi connectivity index (χ2v) is 5.83. The van der Waals surface area contributed by atoms with Gasteiger partial charge in [-0.1, -0.05) is 12.2 Å². The molecule has 0 unspecified atom stereocenters. The Labute approximate surface area is 94.1 Å². The van der Waals surface area contributed by atoms with Crippen LogP contribution in [0.15, 0.2) is 12.2 Å². The van der Waals surface area contributed by atoms with Crippen molar-refractivity contribution in [2.24, 2.45) is 0 Å². The van der Waals surface area contributed by atoms with Crippen LogP contribution in [0.5, 0.6) is 0 Å². The van der Waals surface area contributed by atoms with Crippen molar-refractivity contribution in [3.05, 3.63) is 12.2 Å². The van der Waals surface area contributed by atoms with E-state index >= 15 is 0 Å². The van der Waals surface area contributed by atoms with Crippen LogP contribution < -0.4 is 5.32 Å². The van der Waals surface area contributed by atoms with E-state index in [0.717, 1.165) is 19.4 Å². The third kappa shape index (κ3) is 4.35. The van der Waals surface area contributed by atoms with Crippen molar-refractivity contribution in [1.29, 1.82) is 0 Å². The molecule has 2 heteroatoms. The zero-order valence-corrected chi connectivity index (χ0v) is 10.8. The first kappa shape index (κ1) is 12.7. The zero-order chi connectivity index (χ0) is 11.5. The Balaban J connectivity index is 2.51. The lowest BCUT2D eigenvalue weighted by Gasteiger charge is -2.46. The van der Waals surface area contributed by atoms with Gasteiger partial charge in [-0.05, 0) is 47.5 Å². The maximum atomic E-state index is 5.87. The van der Waals surface area contributed by atoms with Gasteiger partial charge in [0.2, 0.25) is 0 Å². The molecule has 1 saturated heterocycles. The third-order valence-corrected chi connectivity index (χ3v) is 2.82. The van der Waals surface area contributed by atoms with E-state index in [0.29, 0.717) is 6.10 Å². The normalized spacial score (nSPS) is 25.9. The van der Waals surface area contributed by atoms with Crippen LogP contribution in [0, 0.1) is 0 Å².